The van der Waals surface area contributed by atoms with Crippen molar-refractivity contribution in [1.82, 2.24) is 10.6 Å². The molecule has 1 aromatic rings. The predicted molar refractivity (Wildman–Crippen MR) is 110 cm³/mol. The molecule has 152 valence electrons. The van der Waals surface area contributed by atoms with Gasteiger partial charge in [0.05, 0.1) is 26.0 Å². The summed E-state index contributed by atoms with van der Waals surface area (Å²) in [4.78, 5) is 6.71. The Morgan fingerprint density at radius 1 is 1.19 bits per heavy atom. The number of hydrogen-bond donors (Lipinski definition) is 2. The van der Waals surface area contributed by atoms with Crippen molar-refractivity contribution in [3.8, 4) is 5.75 Å². The third-order valence-corrected chi connectivity index (χ3v) is 4.62. The van der Waals surface area contributed by atoms with E-state index in [1.165, 1.54) is 0 Å². The number of ether oxygens (including phenoxy) is 3. The fraction of sp³-hybridized carbons (Fsp3) is 0.650. The smallest absolute Gasteiger partial charge is 0.191 e. The van der Waals surface area contributed by atoms with Crippen LogP contribution < -0.4 is 20.3 Å². The predicted octanol–water partition coefficient (Wildman–Crippen LogP) is 1.88. The van der Waals surface area contributed by atoms with Crippen LogP contribution in [-0.4, -0.2) is 72.7 Å². The molecule has 0 aliphatic carbocycles. The number of aliphatic imine (C=N–C) groups is 1. The van der Waals surface area contributed by atoms with Crippen molar-refractivity contribution in [2.45, 2.75) is 25.3 Å². The van der Waals surface area contributed by atoms with E-state index < -0.39 is 0 Å². The van der Waals surface area contributed by atoms with Crippen molar-refractivity contribution >= 4 is 11.6 Å². The molecule has 0 spiro atoms. The second-order valence-electron chi connectivity index (χ2n) is 6.56. The molecular weight excluding hydrogens is 344 g/mol. The SMILES string of the molecule is CN=C(NCCCCOCCOC)NC1CCN(c2ccccc2OC)C1. The molecule has 7 nitrogen and oxygen atoms in total. The molecule has 0 aromatic heterocycles. The van der Waals surface area contributed by atoms with Crippen LogP contribution in [0.2, 0.25) is 0 Å². The summed E-state index contributed by atoms with van der Waals surface area (Å²) in [6, 6.07) is 8.55. The Balaban J connectivity index is 1.67. The Morgan fingerprint density at radius 3 is 2.81 bits per heavy atom. The van der Waals surface area contributed by atoms with Crippen LogP contribution in [0.5, 0.6) is 5.75 Å². The summed E-state index contributed by atoms with van der Waals surface area (Å²) >= 11 is 0. The third kappa shape index (κ3) is 7.27. The van der Waals surface area contributed by atoms with E-state index in [9.17, 15) is 0 Å². The maximum absolute atomic E-state index is 5.49. The molecular formula is C20H34N4O3. The van der Waals surface area contributed by atoms with Crippen molar-refractivity contribution in [2.75, 3.05) is 65.6 Å². The monoisotopic (exact) mass is 378 g/mol. The molecule has 1 aliphatic rings. The van der Waals surface area contributed by atoms with E-state index in [2.05, 4.69) is 32.7 Å². The van der Waals surface area contributed by atoms with Gasteiger partial charge in [0.25, 0.3) is 0 Å². The van der Waals surface area contributed by atoms with Gasteiger partial charge in [-0.25, -0.2) is 0 Å². The first-order valence-electron chi connectivity index (χ1n) is 9.70. The normalized spacial score (nSPS) is 17.2. The minimum absolute atomic E-state index is 0.374. The zero-order valence-corrected chi connectivity index (χ0v) is 16.9. The lowest BCUT2D eigenvalue weighted by molar-refractivity contribution is 0.0689. The number of nitrogens with zero attached hydrogens (tertiary/aromatic N) is 2. The molecule has 0 radical (unpaired) electrons. The van der Waals surface area contributed by atoms with Crippen molar-refractivity contribution in [3.63, 3.8) is 0 Å². The van der Waals surface area contributed by atoms with E-state index in [1.54, 1.807) is 14.2 Å². The number of guanidine groups is 1. The van der Waals surface area contributed by atoms with E-state index in [-0.39, 0.29) is 0 Å². The van der Waals surface area contributed by atoms with Gasteiger partial charge in [0.1, 0.15) is 5.75 Å². The molecule has 0 saturated carbocycles. The van der Waals surface area contributed by atoms with Gasteiger partial charge in [-0.1, -0.05) is 12.1 Å². The average Bonchev–Trinajstić information content (AvgIpc) is 3.17. The van der Waals surface area contributed by atoms with Crippen LogP contribution in [0, 0.1) is 0 Å². The number of methoxy groups -OCH3 is 2. The van der Waals surface area contributed by atoms with Crippen LogP contribution in [0.4, 0.5) is 5.69 Å². The third-order valence-electron chi connectivity index (χ3n) is 4.62. The van der Waals surface area contributed by atoms with Gasteiger partial charge >= 0.3 is 0 Å². The fourth-order valence-electron chi connectivity index (χ4n) is 3.16. The van der Waals surface area contributed by atoms with Crippen molar-refractivity contribution in [2.24, 2.45) is 4.99 Å². The first kappa shape index (κ1) is 21.3. The summed E-state index contributed by atoms with van der Waals surface area (Å²) in [7, 11) is 5.22. The van der Waals surface area contributed by atoms with Gasteiger partial charge < -0.3 is 29.7 Å². The maximum atomic E-state index is 5.49. The van der Waals surface area contributed by atoms with E-state index in [1.807, 2.05) is 19.2 Å². The van der Waals surface area contributed by atoms with Gasteiger partial charge in [0.15, 0.2) is 5.96 Å². The first-order chi connectivity index (χ1) is 13.3. The van der Waals surface area contributed by atoms with Crippen LogP contribution in [0.15, 0.2) is 29.3 Å². The lowest BCUT2D eigenvalue weighted by Crippen LogP contribution is -2.44. The molecule has 2 rings (SSSR count). The number of hydrogen-bond acceptors (Lipinski definition) is 5. The zero-order chi connectivity index (χ0) is 19.3. The Kier molecular flexibility index (Phi) is 9.79. The minimum atomic E-state index is 0.374. The molecule has 1 heterocycles. The van der Waals surface area contributed by atoms with Crippen molar-refractivity contribution in [3.05, 3.63) is 24.3 Å². The molecule has 7 heteroatoms. The maximum Gasteiger partial charge on any atom is 0.191 e. The Morgan fingerprint density at radius 2 is 2.04 bits per heavy atom. The number of para-hydroxylation sites is 2. The van der Waals surface area contributed by atoms with Gasteiger partial charge in [0.2, 0.25) is 0 Å². The van der Waals surface area contributed by atoms with Crippen LogP contribution in [0.25, 0.3) is 0 Å². The highest BCUT2D eigenvalue weighted by Crippen LogP contribution is 2.30. The molecule has 1 aromatic carbocycles. The molecule has 1 unspecified atom stereocenters. The number of rotatable bonds is 11. The fourth-order valence-corrected chi connectivity index (χ4v) is 3.16. The van der Waals surface area contributed by atoms with Crippen LogP contribution in [0.1, 0.15) is 19.3 Å². The second kappa shape index (κ2) is 12.4. The molecule has 2 N–H and O–H groups in total. The molecule has 0 bridgehead atoms. The number of unbranched alkanes of at least 4 members (excludes halogenated alkanes) is 1. The highest BCUT2D eigenvalue weighted by Gasteiger charge is 2.25. The Bertz CT molecular complexity index is 568. The summed E-state index contributed by atoms with van der Waals surface area (Å²) in [5.41, 5.74) is 1.15. The van der Waals surface area contributed by atoms with Gasteiger partial charge in [-0.3, -0.25) is 4.99 Å². The minimum Gasteiger partial charge on any atom is -0.495 e. The van der Waals surface area contributed by atoms with Gasteiger partial charge in [-0.2, -0.15) is 0 Å². The lowest BCUT2D eigenvalue weighted by Gasteiger charge is -2.22. The largest absolute Gasteiger partial charge is 0.495 e. The van der Waals surface area contributed by atoms with Crippen LogP contribution >= 0.6 is 0 Å². The van der Waals surface area contributed by atoms with Crippen molar-refractivity contribution in [1.29, 1.82) is 0 Å². The summed E-state index contributed by atoms with van der Waals surface area (Å²) in [6.07, 6.45) is 3.15. The molecule has 0 amide bonds. The van der Waals surface area contributed by atoms with Crippen LogP contribution in [0.3, 0.4) is 0 Å². The summed E-state index contributed by atoms with van der Waals surface area (Å²) in [6.45, 7) is 4.92. The highest BCUT2D eigenvalue weighted by atomic mass is 16.5. The first-order valence-corrected chi connectivity index (χ1v) is 9.70. The topological polar surface area (TPSA) is 67.4 Å². The standard InChI is InChI=1S/C20H34N4O3/c1-21-20(22-11-6-7-13-27-15-14-25-2)23-17-10-12-24(16-17)18-8-4-5-9-19(18)26-3/h4-5,8-9,17H,6-7,10-16H2,1-3H3,(H2,21,22,23). The van der Waals surface area contributed by atoms with E-state index in [0.29, 0.717) is 19.3 Å². The van der Waals surface area contributed by atoms with Gasteiger partial charge in [-0.15, -0.1) is 0 Å². The van der Waals surface area contributed by atoms with Crippen LogP contribution in [-0.2, 0) is 9.47 Å². The molecule has 1 fully saturated rings. The molecule has 1 atom stereocenters. The molecule has 27 heavy (non-hydrogen) atoms. The number of nitrogens with one attached hydrogen (secondary N) is 2. The zero-order valence-electron chi connectivity index (χ0n) is 16.9. The highest BCUT2D eigenvalue weighted by molar-refractivity contribution is 5.80. The van der Waals surface area contributed by atoms with Gasteiger partial charge in [-0.05, 0) is 31.4 Å². The van der Waals surface area contributed by atoms with E-state index in [4.69, 9.17) is 14.2 Å². The second-order valence-corrected chi connectivity index (χ2v) is 6.56. The van der Waals surface area contributed by atoms with Crippen molar-refractivity contribution < 1.29 is 14.2 Å². The lowest BCUT2D eigenvalue weighted by atomic mass is 10.2. The molecule has 1 saturated heterocycles. The summed E-state index contributed by atoms with van der Waals surface area (Å²) in [5, 5.41) is 6.92. The average molecular weight is 379 g/mol. The summed E-state index contributed by atoms with van der Waals surface area (Å²) < 4.78 is 15.9. The number of benzene rings is 1. The summed E-state index contributed by atoms with van der Waals surface area (Å²) in [5.74, 6) is 1.79. The van der Waals surface area contributed by atoms with E-state index in [0.717, 1.165) is 62.9 Å². The quantitative estimate of drug-likeness (QED) is 0.348. The Labute approximate surface area is 163 Å². The Hall–Kier alpha value is -1.99. The molecule has 1 aliphatic heterocycles. The number of anilines is 1. The van der Waals surface area contributed by atoms with Gasteiger partial charge in [0, 0.05) is 46.4 Å². The van der Waals surface area contributed by atoms with E-state index >= 15 is 0 Å².